The van der Waals surface area contributed by atoms with Gasteiger partial charge in [-0.15, -0.1) is 0 Å². The molecule has 0 heterocycles. The molecule has 0 aromatic rings. The zero-order valence-corrected chi connectivity index (χ0v) is 6.32. The molecular formula is C3H7MgNOS. The molecule has 0 atom stereocenters. The van der Waals surface area contributed by atoms with Crippen LogP contribution in [0.15, 0.2) is 0 Å². The van der Waals surface area contributed by atoms with Crippen molar-refractivity contribution >= 4 is 42.0 Å². The molecule has 0 aliphatic heterocycles. The SMILES string of the molecule is O=CCC[S-].[Mg+2].[NH2-]. The maximum Gasteiger partial charge on any atom is 2.00 e. The molecule has 0 saturated carbocycles. The van der Waals surface area contributed by atoms with E-state index in [-0.39, 0.29) is 29.2 Å². The molecule has 38 valence electrons. The van der Waals surface area contributed by atoms with E-state index in [0.717, 1.165) is 6.29 Å². The third kappa shape index (κ3) is 20.2. The first-order chi connectivity index (χ1) is 2.41. The van der Waals surface area contributed by atoms with Gasteiger partial charge in [0, 0.05) is 0 Å². The molecule has 0 spiro atoms. The Morgan fingerprint density at radius 2 is 2.00 bits per heavy atom. The standard InChI is InChI=1S/C3H6OS.Mg.H2N/c4-2-1-3-5;;/h2,5H,1,3H2;;1H2/q;+2;-1/p-1. The number of carbonyl (C=O) groups excluding carboxylic acids is 1. The predicted molar refractivity (Wildman–Crippen MR) is 34.0 cm³/mol. The third-order valence-electron chi connectivity index (χ3n) is 0.236. The van der Waals surface area contributed by atoms with Crippen LogP contribution in [0.5, 0.6) is 0 Å². The molecule has 0 aliphatic carbocycles. The van der Waals surface area contributed by atoms with Crippen molar-refractivity contribution in [2.75, 3.05) is 5.75 Å². The van der Waals surface area contributed by atoms with Gasteiger partial charge < -0.3 is 23.6 Å². The van der Waals surface area contributed by atoms with E-state index in [1.807, 2.05) is 0 Å². The van der Waals surface area contributed by atoms with Gasteiger partial charge in [-0.05, 0) is 6.42 Å². The van der Waals surface area contributed by atoms with Gasteiger partial charge in [-0.2, -0.15) is 5.75 Å². The Morgan fingerprint density at radius 3 is 2.00 bits per heavy atom. The molecule has 0 amide bonds. The summed E-state index contributed by atoms with van der Waals surface area (Å²) in [7, 11) is 0. The molecule has 0 aliphatic rings. The van der Waals surface area contributed by atoms with E-state index in [4.69, 9.17) is 0 Å². The molecule has 2 N–H and O–H groups in total. The van der Waals surface area contributed by atoms with Crippen molar-refractivity contribution in [1.82, 2.24) is 0 Å². The third-order valence-corrected chi connectivity index (χ3v) is 0.471. The maximum absolute atomic E-state index is 9.34. The molecule has 0 fully saturated rings. The first-order valence-electron chi connectivity index (χ1n) is 1.43. The van der Waals surface area contributed by atoms with Crippen molar-refractivity contribution in [3.63, 3.8) is 0 Å². The molecule has 0 aromatic heterocycles. The van der Waals surface area contributed by atoms with Gasteiger partial charge in [-0.3, -0.25) is 0 Å². The van der Waals surface area contributed by atoms with E-state index in [0.29, 0.717) is 12.2 Å². The van der Waals surface area contributed by atoms with Gasteiger partial charge in [0.2, 0.25) is 0 Å². The van der Waals surface area contributed by atoms with Gasteiger partial charge in [0.25, 0.3) is 0 Å². The molecule has 0 radical (unpaired) electrons. The molecule has 0 saturated heterocycles. The Morgan fingerprint density at radius 1 is 1.57 bits per heavy atom. The summed E-state index contributed by atoms with van der Waals surface area (Å²) in [5, 5.41) is 0. The normalized spacial score (nSPS) is 5.29. The predicted octanol–water partition coefficient (Wildman–Crippen LogP) is 0.459. The summed E-state index contributed by atoms with van der Waals surface area (Å²) in [5.41, 5.74) is 0. The number of hydrogen-bond donors (Lipinski definition) is 0. The Kier molecular flexibility index (Phi) is 35.5. The minimum absolute atomic E-state index is 0. The minimum Gasteiger partial charge on any atom is -0.792 e. The van der Waals surface area contributed by atoms with E-state index in [1.165, 1.54) is 0 Å². The average molecular weight is 129 g/mol. The van der Waals surface area contributed by atoms with Crippen LogP contribution in [0.4, 0.5) is 0 Å². The van der Waals surface area contributed by atoms with Crippen molar-refractivity contribution in [3.05, 3.63) is 6.15 Å². The molecule has 0 aromatic carbocycles. The Hall–Kier alpha value is 0.746. The van der Waals surface area contributed by atoms with Crippen molar-refractivity contribution in [2.45, 2.75) is 6.42 Å². The quantitative estimate of drug-likeness (QED) is 0.309. The van der Waals surface area contributed by atoms with Crippen LogP contribution in [-0.2, 0) is 17.4 Å². The average Bonchev–Trinajstić information content (AvgIpc) is 1.41. The Labute approximate surface area is 65.2 Å². The van der Waals surface area contributed by atoms with Crippen LogP contribution in [0.1, 0.15) is 6.42 Å². The molecular weight excluding hydrogens is 122 g/mol. The van der Waals surface area contributed by atoms with Crippen molar-refractivity contribution in [1.29, 1.82) is 0 Å². The molecule has 0 rings (SSSR count). The molecule has 2 nitrogen and oxygen atoms in total. The fourth-order valence-electron chi connectivity index (χ4n) is 0.0481. The number of rotatable bonds is 2. The minimum atomic E-state index is 0. The summed E-state index contributed by atoms with van der Waals surface area (Å²) in [4.78, 5) is 9.34. The van der Waals surface area contributed by atoms with Crippen LogP contribution < -0.4 is 0 Å². The fraction of sp³-hybridized carbons (Fsp3) is 0.667. The van der Waals surface area contributed by atoms with Crippen LogP contribution in [0.25, 0.3) is 6.15 Å². The zero-order chi connectivity index (χ0) is 4.12. The molecule has 4 heteroatoms. The summed E-state index contributed by atoms with van der Waals surface area (Å²) in [6, 6.07) is 0. The van der Waals surface area contributed by atoms with Gasteiger partial charge in [0.1, 0.15) is 6.29 Å². The second kappa shape index (κ2) is 15.9. The molecule has 7 heavy (non-hydrogen) atoms. The second-order valence-corrected chi connectivity index (χ2v) is 1.07. The van der Waals surface area contributed by atoms with Gasteiger partial charge in [-0.25, -0.2) is 0 Å². The van der Waals surface area contributed by atoms with Crippen LogP contribution >= 0.6 is 0 Å². The molecule has 0 bridgehead atoms. The van der Waals surface area contributed by atoms with E-state index in [9.17, 15) is 4.79 Å². The van der Waals surface area contributed by atoms with Crippen molar-refractivity contribution < 1.29 is 4.79 Å². The second-order valence-electron chi connectivity index (χ2n) is 0.659. The number of hydrogen-bond acceptors (Lipinski definition) is 2. The first-order valence-corrected chi connectivity index (χ1v) is 2.01. The smallest absolute Gasteiger partial charge is 0.792 e. The van der Waals surface area contributed by atoms with E-state index in [1.54, 1.807) is 0 Å². The van der Waals surface area contributed by atoms with Crippen molar-refractivity contribution in [3.8, 4) is 0 Å². The summed E-state index contributed by atoms with van der Waals surface area (Å²) in [6.45, 7) is 0. The maximum atomic E-state index is 9.34. The number of nitrogens with two attached hydrogens (primary N) is 1. The number of aldehydes is 1. The van der Waals surface area contributed by atoms with Crippen LogP contribution in [-0.4, -0.2) is 35.1 Å². The van der Waals surface area contributed by atoms with Crippen LogP contribution in [0.3, 0.4) is 0 Å². The Balaban J connectivity index is -0.0000000800. The zero-order valence-electron chi connectivity index (χ0n) is 4.09. The first kappa shape index (κ1) is 15.7. The van der Waals surface area contributed by atoms with Crippen molar-refractivity contribution in [2.24, 2.45) is 0 Å². The van der Waals surface area contributed by atoms with E-state index in [2.05, 4.69) is 12.6 Å². The number of carbonyl (C=O) groups is 1. The van der Waals surface area contributed by atoms with Gasteiger partial charge in [0.15, 0.2) is 0 Å². The molecule has 0 unspecified atom stereocenters. The fourth-order valence-corrected chi connectivity index (χ4v) is 0.144. The largest absolute Gasteiger partial charge is 2.00 e. The van der Waals surface area contributed by atoms with Crippen LogP contribution in [0.2, 0.25) is 0 Å². The summed E-state index contributed by atoms with van der Waals surface area (Å²) in [6.07, 6.45) is 1.35. The monoisotopic (exact) mass is 129 g/mol. The topological polar surface area (TPSA) is 50.6 Å². The summed E-state index contributed by atoms with van der Waals surface area (Å²) >= 11 is 4.42. The van der Waals surface area contributed by atoms with Gasteiger partial charge in [-0.1, -0.05) is 0 Å². The van der Waals surface area contributed by atoms with E-state index < -0.39 is 0 Å². The Bertz CT molecular complexity index is 36.1. The van der Waals surface area contributed by atoms with Crippen LogP contribution in [0, 0.1) is 0 Å². The van der Waals surface area contributed by atoms with E-state index >= 15 is 0 Å². The summed E-state index contributed by atoms with van der Waals surface area (Å²) in [5.74, 6) is 0.559. The van der Waals surface area contributed by atoms with Gasteiger partial charge in [0.05, 0.1) is 0 Å². The van der Waals surface area contributed by atoms with Gasteiger partial charge >= 0.3 is 23.1 Å². The summed E-state index contributed by atoms with van der Waals surface area (Å²) < 4.78 is 0.